The Hall–Kier alpha value is -2.96. The van der Waals surface area contributed by atoms with E-state index in [1.165, 1.54) is 0 Å². The molecule has 2 heterocycles. The van der Waals surface area contributed by atoms with E-state index in [0.717, 1.165) is 16.9 Å². The molecule has 1 aliphatic heterocycles. The lowest BCUT2D eigenvalue weighted by molar-refractivity contribution is 0.0303. The molecule has 1 aliphatic rings. The van der Waals surface area contributed by atoms with Crippen LogP contribution in [0, 0.1) is 0 Å². The lowest BCUT2D eigenvalue weighted by Crippen LogP contribution is -2.40. The Bertz CT molecular complexity index is 955. The highest BCUT2D eigenvalue weighted by atomic mass is 35.5. The number of nitrogens with one attached hydrogen (secondary N) is 1. The number of aromatic nitrogens is 2. The van der Waals surface area contributed by atoms with Crippen molar-refractivity contribution in [1.29, 1.82) is 0 Å². The molecule has 142 valence electrons. The summed E-state index contributed by atoms with van der Waals surface area (Å²) in [6, 6.07) is 16.7. The Morgan fingerprint density at radius 3 is 2.43 bits per heavy atom. The van der Waals surface area contributed by atoms with Gasteiger partial charge in [0.05, 0.1) is 18.9 Å². The highest BCUT2D eigenvalue weighted by Crippen LogP contribution is 2.21. The first-order valence-corrected chi connectivity index (χ1v) is 9.40. The summed E-state index contributed by atoms with van der Waals surface area (Å²) < 4.78 is 5.29. The number of halogens is 1. The zero-order valence-corrected chi connectivity index (χ0v) is 15.9. The molecule has 3 aromatic rings. The van der Waals surface area contributed by atoms with Gasteiger partial charge in [-0.25, -0.2) is 9.97 Å². The van der Waals surface area contributed by atoms with Gasteiger partial charge in [0.2, 0.25) is 5.95 Å². The summed E-state index contributed by atoms with van der Waals surface area (Å²) in [4.78, 5) is 23.1. The number of carbonyl (C=O) groups is 1. The Balaban J connectivity index is 1.46. The Morgan fingerprint density at radius 2 is 1.71 bits per heavy atom. The molecule has 1 aromatic heterocycles. The van der Waals surface area contributed by atoms with Crippen molar-refractivity contribution in [2.75, 3.05) is 31.6 Å². The minimum absolute atomic E-state index is 0.0239. The largest absolute Gasteiger partial charge is 0.378 e. The van der Waals surface area contributed by atoms with Gasteiger partial charge in [-0.3, -0.25) is 4.79 Å². The third-order valence-corrected chi connectivity index (χ3v) is 4.73. The quantitative estimate of drug-likeness (QED) is 0.724. The number of carbonyl (C=O) groups excluding carboxylic acids is 1. The van der Waals surface area contributed by atoms with Gasteiger partial charge in [-0.05, 0) is 42.5 Å². The molecule has 6 nitrogen and oxygen atoms in total. The van der Waals surface area contributed by atoms with Gasteiger partial charge in [-0.15, -0.1) is 0 Å². The third-order valence-electron chi connectivity index (χ3n) is 4.48. The van der Waals surface area contributed by atoms with Crippen molar-refractivity contribution in [1.82, 2.24) is 14.9 Å². The summed E-state index contributed by atoms with van der Waals surface area (Å²) in [5, 5.41) is 3.86. The van der Waals surface area contributed by atoms with Gasteiger partial charge in [0, 0.05) is 41.1 Å². The van der Waals surface area contributed by atoms with E-state index in [4.69, 9.17) is 16.3 Å². The molecular formula is C21H19ClN4O2. The van der Waals surface area contributed by atoms with Crippen LogP contribution in [0.2, 0.25) is 5.02 Å². The molecule has 0 unspecified atom stereocenters. The SMILES string of the molecule is O=C(c1ccc(Nc2nccc(-c3ccc(Cl)cc3)n2)cc1)N1CCOCC1. The zero-order chi connectivity index (χ0) is 19.3. The van der Waals surface area contributed by atoms with E-state index < -0.39 is 0 Å². The van der Waals surface area contributed by atoms with Gasteiger partial charge in [0.15, 0.2) is 0 Å². The standard InChI is InChI=1S/C21H19ClN4O2/c22-17-5-1-15(2-6-17)19-9-10-23-21(25-19)24-18-7-3-16(4-8-18)20(27)26-11-13-28-14-12-26/h1-10H,11-14H2,(H,23,24,25). The van der Waals surface area contributed by atoms with E-state index in [2.05, 4.69) is 15.3 Å². The molecular weight excluding hydrogens is 376 g/mol. The van der Waals surface area contributed by atoms with Gasteiger partial charge < -0.3 is 15.0 Å². The van der Waals surface area contributed by atoms with Crippen LogP contribution in [0.15, 0.2) is 60.8 Å². The smallest absolute Gasteiger partial charge is 0.254 e. The number of hydrogen-bond acceptors (Lipinski definition) is 5. The molecule has 1 fully saturated rings. The topological polar surface area (TPSA) is 67.4 Å². The van der Waals surface area contributed by atoms with Crippen LogP contribution in [-0.4, -0.2) is 47.1 Å². The molecule has 1 amide bonds. The maximum absolute atomic E-state index is 12.5. The predicted octanol–water partition coefficient (Wildman–Crippen LogP) is 4.01. The average Bonchev–Trinajstić information content (AvgIpc) is 2.75. The summed E-state index contributed by atoms with van der Waals surface area (Å²) in [6.07, 6.45) is 1.70. The fourth-order valence-electron chi connectivity index (χ4n) is 2.97. The van der Waals surface area contributed by atoms with Gasteiger partial charge in [0.1, 0.15) is 0 Å². The minimum atomic E-state index is 0.0239. The number of morpholine rings is 1. The second-order valence-electron chi connectivity index (χ2n) is 6.38. The van der Waals surface area contributed by atoms with Gasteiger partial charge in [0.25, 0.3) is 5.91 Å². The molecule has 0 bridgehead atoms. The molecule has 2 aromatic carbocycles. The van der Waals surface area contributed by atoms with Crippen molar-refractivity contribution in [3.05, 3.63) is 71.4 Å². The Morgan fingerprint density at radius 1 is 1.00 bits per heavy atom. The monoisotopic (exact) mass is 394 g/mol. The molecule has 0 atom stereocenters. The molecule has 1 N–H and O–H groups in total. The summed E-state index contributed by atoms with van der Waals surface area (Å²) in [5.74, 6) is 0.510. The van der Waals surface area contributed by atoms with E-state index in [-0.39, 0.29) is 5.91 Å². The van der Waals surface area contributed by atoms with Gasteiger partial charge >= 0.3 is 0 Å². The second-order valence-corrected chi connectivity index (χ2v) is 6.82. The van der Waals surface area contributed by atoms with E-state index in [1.54, 1.807) is 6.20 Å². The van der Waals surface area contributed by atoms with Crippen molar-refractivity contribution < 1.29 is 9.53 Å². The van der Waals surface area contributed by atoms with Gasteiger partial charge in [-0.2, -0.15) is 0 Å². The van der Waals surface area contributed by atoms with E-state index >= 15 is 0 Å². The Labute approximate surface area is 168 Å². The van der Waals surface area contributed by atoms with Crippen LogP contribution in [0.25, 0.3) is 11.3 Å². The number of nitrogens with zero attached hydrogens (tertiary/aromatic N) is 3. The average molecular weight is 395 g/mol. The molecule has 4 rings (SSSR count). The Kier molecular flexibility index (Phi) is 5.50. The van der Waals surface area contributed by atoms with Crippen molar-refractivity contribution >= 4 is 29.1 Å². The number of benzene rings is 2. The first-order valence-electron chi connectivity index (χ1n) is 9.02. The number of hydrogen-bond donors (Lipinski definition) is 1. The summed E-state index contributed by atoms with van der Waals surface area (Å²) in [5.41, 5.74) is 3.23. The first-order chi connectivity index (χ1) is 13.7. The summed E-state index contributed by atoms with van der Waals surface area (Å²) >= 11 is 5.94. The molecule has 0 radical (unpaired) electrons. The fourth-order valence-corrected chi connectivity index (χ4v) is 3.10. The van der Waals surface area contributed by atoms with Crippen molar-refractivity contribution in [2.45, 2.75) is 0 Å². The summed E-state index contributed by atoms with van der Waals surface area (Å²) in [7, 11) is 0. The number of rotatable bonds is 4. The van der Waals surface area contributed by atoms with Crippen molar-refractivity contribution in [2.24, 2.45) is 0 Å². The normalized spacial score (nSPS) is 14.0. The van der Waals surface area contributed by atoms with E-state index in [1.807, 2.05) is 59.5 Å². The van der Waals surface area contributed by atoms with E-state index in [9.17, 15) is 4.79 Å². The highest BCUT2D eigenvalue weighted by molar-refractivity contribution is 6.30. The lowest BCUT2D eigenvalue weighted by Gasteiger charge is -2.26. The number of anilines is 2. The molecule has 0 spiro atoms. The second kappa shape index (κ2) is 8.37. The predicted molar refractivity (Wildman–Crippen MR) is 109 cm³/mol. The number of amides is 1. The highest BCUT2D eigenvalue weighted by Gasteiger charge is 2.18. The third kappa shape index (κ3) is 4.30. The summed E-state index contributed by atoms with van der Waals surface area (Å²) in [6.45, 7) is 2.44. The van der Waals surface area contributed by atoms with Crippen LogP contribution in [0.5, 0.6) is 0 Å². The molecule has 28 heavy (non-hydrogen) atoms. The molecule has 1 saturated heterocycles. The molecule has 0 saturated carbocycles. The van der Waals surface area contributed by atoms with Gasteiger partial charge in [-0.1, -0.05) is 23.7 Å². The van der Waals surface area contributed by atoms with Crippen LogP contribution in [0.4, 0.5) is 11.6 Å². The van der Waals surface area contributed by atoms with Crippen LogP contribution in [-0.2, 0) is 4.74 Å². The number of ether oxygens (including phenoxy) is 1. The fraction of sp³-hybridized carbons (Fsp3) is 0.190. The van der Waals surface area contributed by atoms with Crippen molar-refractivity contribution in [3.8, 4) is 11.3 Å². The van der Waals surface area contributed by atoms with Crippen molar-refractivity contribution in [3.63, 3.8) is 0 Å². The van der Waals surface area contributed by atoms with Crippen LogP contribution < -0.4 is 5.32 Å². The van der Waals surface area contributed by atoms with Crippen LogP contribution in [0.1, 0.15) is 10.4 Å². The first kappa shape index (κ1) is 18.4. The minimum Gasteiger partial charge on any atom is -0.378 e. The maximum atomic E-state index is 12.5. The van der Waals surface area contributed by atoms with E-state index in [0.29, 0.717) is 42.8 Å². The molecule has 0 aliphatic carbocycles. The molecule has 7 heteroatoms. The zero-order valence-electron chi connectivity index (χ0n) is 15.1. The van der Waals surface area contributed by atoms with Crippen LogP contribution >= 0.6 is 11.6 Å². The van der Waals surface area contributed by atoms with Crippen LogP contribution in [0.3, 0.4) is 0 Å². The lowest BCUT2D eigenvalue weighted by atomic mass is 10.1. The maximum Gasteiger partial charge on any atom is 0.254 e.